The molecule has 0 radical (unpaired) electrons. The standard InChI is InChI=1S/C16H31NO2/c1-13(2)10-11-17(14-8-6-7-9-14)12-16(3,4)15(18)19-5/h13-14H,6-12H2,1-5H3. The van der Waals surface area contributed by atoms with Gasteiger partial charge in [0, 0.05) is 12.6 Å². The van der Waals surface area contributed by atoms with Gasteiger partial charge >= 0.3 is 5.97 Å². The Labute approximate surface area is 118 Å². The first-order valence-corrected chi connectivity index (χ1v) is 7.69. The summed E-state index contributed by atoms with van der Waals surface area (Å²) in [6, 6.07) is 0.669. The van der Waals surface area contributed by atoms with Crippen LogP contribution in [-0.4, -0.2) is 37.1 Å². The molecule has 1 fully saturated rings. The number of hydrogen-bond donors (Lipinski definition) is 0. The fourth-order valence-electron chi connectivity index (χ4n) is 2.93. The third kappa shape index (κ3) is 5.13. The number of carbonyl (C=O) groups is 1. The summed E-state index contributed by atoms with van der Waals surface area (Å²) < 4.78 is 4.94. The van der Waals surface area contributed by atoms with Crippen LogP contribution in [0.25, 0.3) is 0 Å². The van der Waals surface area contributed by atoms with Crippen molar-refractivity contribution >= 4 is 5.97 Å². The predicted octanol–water partition coefficient (Wildman–Crippen LogP) is 3.48. The molecule has 0 heterocycles. The van der Waals surface area contributed by atoms with Crippen LogP contribution in [0.2, 0.25) is 0 Å². The second kappa shape index (κ2) is 7.28. The number of rotatable bonds is 7. The number of methoxy groups -OCH3 is 1. The summed E-state index contributed by atoms with van der Waals surface area (Å²) in [5.41, 5.74) is -0.408. The van der Waals surface area contributed by atoms with E-state index in [1.54, 1.807) is 0 Å². The van der Waals surface area contributed by atoms with Crippen LogP contribution in [0, 0.1) is 11.3 Å². The molecular weight excluding hydrogens is 238 g/mol. The normalized spacial score (nSPS) is 17.4. The maximum atomic E-state index is 11.9. The Balaban J connectivity index is 2.64. The van der Waals surface area contributed by atoms with Gasteiger partial charge < -0.3 is 4.74 Å². The molecule has 1 rings (SSSR count). The highest BCUT2D eigenvalue weighted by molar-refractivity contribution is 5.76. The van der Waals surface area contributed by atoms with Gasteiger partial charge in [-0.15, -0.1) is 0 Å². The van der Waals surface area contributed by atoms with Gasteiger partial charge in [0.05, 0.1) is 12.5 Å². The first-order valence-electron chi connectivity index (χ1n) is 7.69. The van der Waals surface area contributed by atoms with E-state index in [2.05, 4.69) is 18.7 Å². The van der Waals surface area contributed by atoms with Crippen LogP contribution in [0.4, 0.5) is 0 Å². The maximum Gasteiger partial charge on any atom is 0.312 e. The van der Waals surface area contributed by atoms with Crippen LogP contribution in [0.3, 0.4) is 0 Å². The molecule has 0 atom stereocenters. The van der Waals surface area contributed by atoms with Gasteiger partial charge in [0.1, 0.15) is 0 Å². The van der Waals surface area contributed by atoms with Crippen molar-refractivity contribution in [1.29, 1.82) is 0 Å². The summed E-state index contributed by atoms with van der Waals surface area (Å²) in [7, 11) is 1.48. The second-order valence-electron chi connectivity index (χ2n) is 6.97. The summed E-state index contributed by atoms with van der Waals surface area (Å²) >= 11 is 0. The molecule has 0 aromatic rings. The molecule has 0 bridgehead atoms. The zero-order valence-electron chi connectivity index (χ0n) is 13.4. The van der Waals surface area contributed by atoms with Crippen molar-refractivity contribution in [2.75, 3.05) is 20.2 Å². The van der Waals surface area contributed by atoms with E-state index in [1.165, 1.54) is 39.2 Å². The molecule has 0 aliphatic heterocycles. The van der Waals surface area contributed by atoms with Gasteiger partial charge in [0.2, 0.25) is 0 Å². The Bertz CT molecular complexity index is 280. The van der Waals surface area contributed by atoms with Crippen molar-refractivity contribution in [3.8, 4) is 0 Å². The quantitative estimate of drug-likeness (QED) is 0.663. The number of nitrogens with zero attached hydrogens (tertiary/aromatic N) is 1. The zero-order valence-corrected chi connectivity index (χ0v) is 13.4. The van der Waals surface area contributed by atoms with Crippen LogP contribution in [0.1, 0.15) is 59.8 Å². The van der Waals surface area contributed by atoms with Crippen LogP contribution >= 0.6 is 0 Å². The monoisotopic (exact) mass is 269 g/mol. The van der Waals surface area contributed by atoms with Crippen molar-refractivity contribution in [2.45, 2.75) is 65.8 Å². The molecule has 3 nitrogen and oxygen atoms in total. The average Bonchev–Trinajstić information content (AvgIpc) is 2.86. The van der Waals surface area contributed by atoms with E-state index in [4.69, 9.17) is 4.74 Å². The Morgan fingerprint density at radius 1 is 1.32 bits per heavy atom. The van der Waals surface area contributed by atoms with Gasteiger partial charge in [0.25, 0.3) is 0 Å². The highest BCUT2D eigenvalue weighted by Gasteiger charge is 2.34. The van der Waals surface area contributed by atoms with Crippen molar-refractivity contribution in [2.24, 2.45) is 11.3 Å². The largest absolute Gasteiger partial charge is 0.469 e. The molecule has 1 aliphatic rings. The lowest BCUT2D eigenvalue weighted by molar-refractivity contribution is -0.152. The Morgan fingerprint density at radius 3 is 2.37 bits per heavy atom. The molecule has 0 amide bonds. The third-order valence-electron chi connectivity index (χ3n) is 4.17. The van der Waals surface area contributed by atoms with E-state index in [-0.39, 0.29) is 5.97 Å². The van der Waals surface area contributed by atoms with Crippen LogP contribution < -0.4 is 0 Å². The maximum absolute atomic E-state index is 11.9. The molecule has 19 heavy (non-hydrogen) atoms. The smallest absolute Gasteiger partial charge is 0.312 e. The Morgan fingerprint density at radius 2 is 1.89 bits per heavy atom. The fraction of sp³-hybridized carbons (Fsp3) is 0.938. The minimum absolute atomic E-state index is 0.0972. The molecule has 0 aromatic carbocycles. The summed E-state index contributed by atoms with van der Waals surface area (Å²) in [4.78, 5) is 14.4. The first kappa shape index (κ1) is 16.5. The molecule has 0 aromatic heterocycles. The molecule has 1 aliphatic carbocycles. The van der Waals surface area contributed by atoms with Crippen LogP contribution in [-0.2, 0) is 9.53 Å². The molecule has 0 spiro atoms. The highest BCUT2D eigenvalue weighted by Crippen LogP contribution is 2.28. The summed E-state index contributed by atoms with van der Waals surface area (Å²) in [6.45, 7) is 10.4. The van der Waals surface area contributed by atoms with E-state index >= 15 is 0 Å². The van der Waals surface area contributed by atoms with Gasteiger partial charge in [-0.2, -0.15) is 0 Å². The van der Waals surface area contributed by atoms with E-state index in [0.29, 0.717) is 12.0 Å². The predicted molar refractivity (Wildman–Crippen MR) is 79.1 cm³/mol. The van der Waals surface area contributed by atoms with Gasteiger partial charge in [-0.25, -0.2) is 0 Å². The van der Waals surface area contributed by atoms with Gasteiger partial charge in [-0.3, -0.25) is 9.69 Å². The minimum Gasteiger partial charge on any atom is -0.469 e. The van der Waals surface area contributed by atoms with Gasteiger partial charge in [0.15, 0.2) is 0 Å². The van der Waals surface area contributed by atoms with Gasteiger partial charge in [-0.05, 0) is 45.6 Å². The second-order valence-corrected chi connectivity index (χ2v) is 6.97. The molecule has 0 unspecified atom stereocenters. The van der Waals surface area contributed by atoms with E-state index in [9.17, 15) is 4.79 Å². The topological polar surface area (TPSA) is 29.5 Å². The lowest BCUT2D eigenvalue weighted by Crippen LogP contribution is -2.44. The fourth-order valence-corrected chi connectivity index (χ4v) is 2.93. The number of hydrogen-bond acceptors (Lipinski definition) is 3. The van der Waals surface area contributed by atoms with E-state index in [1.807, 2.05) is 13.8 Å². The molecular formula is C16H31NO2. The van der Waals surface area contributed by atoms with Crippen LogP contribution in [0.15, 0.2) is 0 Å². The lowest BCUT2D eigenvalue weighted by Gasteiger charge is -2.35. The van der Waals surface area contributed by atoms with E-state index in [0.717, 1.165) is 13.1 Å². The molecule has 112 valence electrons. The minimum atomic E-state index is -0.408. The average molecular weight is 269 g/mol. The number of carbonyl (C=O) groups excluding carboxylic acids is 1. The van der Waals surface area contributed by atoms with Crippen LogP contribution in [0.5, 0.6) is 0 Å². The van der Waals surface area contributed by atoms with Gasteiger partial charge in [-0.1, -0.05) is 26.7 Å². The molecule has 0 saturated heterocycles. The first-order chi connectivity index (χ1) is 8.86. The molecule has 0 N–H and O–H groups in total. The molecule has 3 heteroatoms. The summed E-state index contributed by atoms with van der Waals surface area (Å²) in [5.74, 6) is 0.616. The zero-order chi connectivity index (χ0) is 14.5. The summed E-state index contributed by atoms with van der Waals surface area (Å²) in [6.07, 6.45) is 6.45. The third-order valence-corrected chi connectivity index (χ3v) is 4.17. The molecule has 1 saturated carbocycles. The SMILES string of the molecule is COC(=O)C(C)(C)CN(CCC(C)C)C1CCCC1. The highest BCUT2D eigenvalue weighted by atomic mass is 16.5. The van der Waals surface area contributed by atoms with E-state index < -0.39 is 5.41 Å². The van der Waals surface area contributed by atoms with Crippen molar-refractivity contribution in [3.63, 3.8) is 0 Å². The van der Waals surface area contributed by atoms with Crippen molar-refractivity contribution in [3.05, 3.63) is 0 Å². The number of esters is 1. The van der Waals surface area contributed by atoms with Crippen molar-refractivity contribution < 1.29 is 9.53 Å². The Hall–Kier alpha value is -0.570. The Kier molecular flexibility index (Phi) is 6.31. The summed E-state index contributed by atoms with van der Waals surface area (Å²) in [5, 5.41) is 0. The number of ether oxygens (including phenoxy) is 1. The van der Waals surface area contributed by atoms with Crippen molar-refractivity contribution in [1.82, 2.24) is 4.90 Å². The lowest BCUT2D eigenvalue weighted by atomic mass is 9.91.